The zero-order valence-corrected chi connectivity index (χ0v) is 10.8. The van der Waals surface area contributed by atoms with E-state index in [2.05, 4.69) is 0 Å². The van der Waals surface area contributed by atoms with Crippen molar-refractivity contribution in [1.82, 2.24) is 0 Å². The van der Waals surface area contributed by atoms with Gasteiger partial charge in [-0.2, -0.15) is 8.42 Å². The largest absolute Gasteiger partial charge is 0.295 e. The molecule has 100 valence electrons. The first-order valence-corrected chi connectivity index (χ1v) is 7.14. The van der Waals surface area contributed by atoms with E-state index in [9.17, 15) is 22.6 Å². The molecular formula is C14H8O5S. The Balaban J connectivity index is 2.50. The molecule has 1 aliphatic carbocycles. The molecule has 2 aromatic rings. The molecule has 0 fully saturated rings. The standard InChI is InChI=1S/C14H8O5S/c15-13-9-5-2-1-4-8(9)12-10(14(13)16)6-3-7-11(12)20(17,18)19/h1-7H,(H,17,18,19). The van der Waals surface area contributed by atoms with Crippen LogP contribution in [0.1, 0.15) is 20.7 Å². The van der Waals surface area contributed by atoms with E-state index >= 15 is 0 Å². The highest BCUT2D eigenvalue weighted by molar-refractivity contribution is 7.86. The van der Waals surface area contributed by atoms with Crippen molar-refractivity contribution in [3.63, 3.8) is 0 Å². The molecule has 1 aliphatic rings. The average molecular weight is 288 g/mol. The number of ketones is 2. The summed E-state index contributed by atoms with van der Waals surface area (Å²) in [5.41, 5.74) is 0.542. The quantitative estimate of drug-likeness (QED) is 0.640. The minimum absolute atomic E-state index is 0.0103. The third kappa shape index (κ3) is 1.70. The van der Waals surface area contributed by atoms with Crippen LogP contribution in [0, 0.1) is 0 Å². The van der Waals surface area contributed by atoms with Gasteiger partial charge in [0.05, 0.1) is 0 Å². The Kier molecular flexibility index (Phi) is 2.60. The molecule has 3 rings (SSSR count). The van der Waals surface area contributed by atoms with E-state index in [1.54, 1.807) is 18.2 Å². The summed E-state index contributed by atoms with van der Waals surface area (Å²) in [6.45, 7) is 0. The van der Waals surface area contributed by atoms with Crippen LogP contribution in [0.2, 0.25) is 0 Å². The van der Waals surface area contributed by atoms with Crippen LogP contribution in [0.25, 0.3) is 11.1 Å². The fraction of sp³-hybridized carbons (Fsp3) is 0. The predicted octanol–water partition coefficient (Wildman–Crippen LogP) is 1.98. The van der Waals surface area contributed by atoms with Crippen LogP contribution >= 0.6 is 0 Å². The SMILES string of the molecule is O=C1C(=O)c2cccc(S(=O)(=O)O)c2-c2ccccc21. The Bertz CT molecular complexity index is 865. The Morgan fingerprint density at radius 2 is 1.30 bits per heavy atom. The molecule has 2 aromatic carbocycles. The van der Waals surface area contributed by atoms with Gasteiger partial charge in [-0.1, -0.05) is 36.4 Å². The number of fused-ring (bicyclic) bond motifs is 3. The van der Waals surface area contributed by atoms with Crippen molar-refractivity contribution in [3.8, 4) is 11.1 Å². The summed E-state index contributed by atoms with van der Waals surface area (Å²) < 4.78 is 32.2. The minimum atomic E-state index is -4.49. The first kappa shape index (κ1) is 12.7. The second-order valence-electron chi connectivity index (χ2n) is 4.36. The molecule has 0 saturated carbocycles. The van der Waals surface area contributed by atoms with Gasteiger partial charge in [0.1, 0.15) is 4.90 Å². The summed E-state index contributed by atoms with van der Waals surface area (Å²) in [5.74, 6) is -1.45. The van der Waals surface area contributed by atoms with Gasteiger partial charge in [0, 0.05) is 16.7 Å². The minimum Gasteiger partial charge on any atom is -0.285 e. The maximum atomic E-state index is 12.0. The molecule has 0 spiro atoms. The van der Waals surface area contributed by atoms with E-state index in [1.165, 1.54) is 24.3 Å². The van der Waals surface area contributed by atoms with Crippen molar-refractivity contribution >= 4 is 21.7 Å². The van der Waals surface area contributed by atoms with Gasteiger partial charge in [-0.3, -0.25) is 14.1 Å². The molecule has 0 atom stereocenters. The van der Waals surface area contributed by atoms with Crippen LogP contribution in [-0.4, -0.2) is 24.5 Å². The summed E-state index contributed by atoms with van der Waals surface area (Å²) in [6.07, 6.45) is 0. The number of Topliss-reactive ketones (excluding diaryl/α,β-unsaturated/α-hetero) is 2. The van der Waals surface area contributed by atoms with Crippen LogP contribution in [0.15, 0.2) is 47.4 Å². The molecule has 0 amide bonds. The molecule has 0 aromatic heterocycles. The Morgan fingerprint density at radius 3 is 1.95 bits per heavy atom. The van der Waals surface area contributed by atoms with Crippen molar-refractivity contribution in [2.75, 3.05) is 0 Å². The number of carbonyl (C=O) groups is 2. The lowest BCUT2D eigenvalue weighted by atomic mass is 9.84. The maximum absolute atomic E-state index is 12.0. The highest BCUT2D eigenvalue weighted by Gasteiger charge is 2.33. The first-order chi connectivity index (χ1) is 9.41. The predicted molar refractivity (Wildman–Crippen MR) is 70.4 cm³/mol. The summed E-state index contributed by atoms with van der Waals surface area (Å²) in [5, 5.41) is 0. The van der Waals surface area contributed by atoms with E-state index in [0.29, 0.717) is 5.56 Å². The number of carbonyl (C=O) groups excluding carboxylic acids is 2. The van der Waals surface area contributed by atoms with E-state index in [0.717, 1.165) is 0 Å². The van der Waals surface area contributed by atoms with E-state index in [-0.39, 0.29) is 21.6 Å². The molecule has 6 heteroatoms. The Morgan fingerprint density at radius 1 is 0.750 bits per heavy atom. The number of benzene rings is 2. The third-order valence-electron chi connectivity index (χ3n) is 3.20. The van der Waals surface area contributed by atoms with Crippen molar-refractivity contribution in [1.29, 1.82) is 0 Å². The van der Waals surface area contributed by atoms with Crippen LogP contribution in [0.4, 0.5) is 0 Å². The number of hydrogen-bond acceptors (Lipinski definition) is 4. The molecule has 0 heterocycles. The van der Waals surface area contributed by atoms with Crippen molar-refractivity contribution in [2.24, 2.45) is 0 Å². The second kappa shape index (κ2) is 4.09. The molecule has 0 unspecified atom stereocenters. The zero-order valence-electron chi connectivity index (χ0n) is 10.0. The van der Waals surface area contributed by atoms with E-state index in [4.69, 9.17) is 0 Å². The van der Waals surface area contributed by atoms with Gasteiger partial charge in [-0.05, 0) is 11.6 Å². The van der Waals surface area contributed by atoms with Gasteiger partial charge >= 0.3 is 0 Å². The lowest BCUT2D eigenvalue weighted by Crippen LogP contribution is -2.22. The van der Waals surface area contributed by atoms with Gasteiger partial charge < -0.3 is 0 Å². The summed E-state index contributed by atoms with van der Waals surface area (Å²) in [6, 6.07) is 10.1. The topological polar surface area (TPSA) is 88.5 Å². The summed E-state index contributed by atoms with van der Waals surface area (Å²) in [4.78, 5) is 23.6. The van der Waals surface area contributed by atoms with Gasteiger partial charge in [0.25, 0.3) is 10.1 Å². The molecule has 0 bridgehead atoms. The molecule has 0 saturated heterocycles. The third-order valence-corrected chi connectivity index (χ3v) is 4.09. The summed E-state index contributed by atoms with van der Waals surface area (Å²) in [7, 11) is -4.49. The normalized spacial score (nSPS) is 13.8. The fourth-order valence-corrected chi connectivity index (χ4v) is 3.09. The van der Waals surface area contributed by atoms with E-state index < -0.39 is 21.7 Å². The molecule has 0 radical (unpaired) electrons. The highest BCUT2D eigenvalue weighted by atomic mass is 32.2. The smallest absolute Gasteiger partial charge is 0.285 e. The van der Waals surface area contributed by atoms with Gasteiger partial charge in [0.2, 0.25) is 11.6 Å². The van der Waals surface area contributed by atoms with Crippen LogP contribution in [0.5, 0.6) is 0 Å². The fourth-order valence-electron chi connectivity index (χ4n) is 2.36. The monoisotopic (exact) mass is 288 g/mol. The van der Waals surface area contributed by atoms with E-state index in [1.807, 2.05) is 0 Å². The zero-order chi connectivity index (χ0) is 14.5. The number of rotatable bonds is 1. The second-order valence-corrected chi connectivity index (χ2v) is 5.75. The summed E-state index contributed by atoms with van der Waals surface area (Å²) >= 11 is 0. The highest BCUT2D eigenvalue weighted by Crippen LogP contribution is 2.37. The van der Waals surface area contributed by atoms with Crippen LogP contribution < -0.4 is 0 Å². The number of hydrogen-bond donors (Lipinski definition) is 1. The molecular weight excluding hydrogens is 280 g/mol. The molecule has 20 heavy (non-hydrogen) atoms. The van der Waals surface area contributed by atoms with Crippen LogP contribution in [-0.2, 0) is 10.1 Å². The molecule has 0 aliphatic heterocycles. The average Bonchev–Trinajstić information content (AvgIpc) is 2.43. The lowest BCUT2D eigenvalue weighted by molar-refractivity contribution is 0.0815. The van der Waals surface area contributed by atoms with Gasteiger partial charge in [-0.15, -0.1) is 0 Å². The van der Waals surface area contributed by atoms with Crippen molar-refractivity contribution in [2.45, 2.75) is 4.90 Å². The maximum Gasteiger partial charge on any atom is 0.295 e. The first-order valence-electron chi connectivity index (χ1n) is 5.70. The molecule has 5 nitrogen and oxygen atoms in total. The van der Waals surface area contributed by atoms with Crippen molar-refractivity contribution in [3.05, 3.63) is 53.6 Å². The van der Waals surface area contributed by atoms with Gasteiger partial charge in [-0.25, -0.2) is 0 Å². The van der Waals surface area contributed by atoms with Gasteiger partial charge in [0.15, 0.2) is 0 Å². The molecule has 1 N–H and O–H groups in total. The van der Waals surface area contributed by atoms with Crippen LogP contribution in [0.3, 0.4) is 0 Å². The Labute approximate surface area is 114 Å². The lowest BCUT2D eigenvalue weighted by Gasteiger charge is -2.19. The van der Waals surface area contributed by atoms with Crippen molar-refractivity contribution < 1.29 is 22.6 Å². The Hall–Kier alpha value is -2.31.